The van der Waals surface area contributed by atoms with E-state index in [0.29, 0.717) is 28.7 Å². The average Bonchev–Trinajstić information content (AvgIpc) is 3.00. The third-order valence-electron chi connectivity index (χ3n) is 4.82. The molecule has 7 heteroatoms. The highest BCUT2D eigenvalue weighted by atomic mass is 35.5. The van der Waals surface area contributed by atoms with Gasteiger partial charge >= 0.3 is 0 Å². The fourth-order valence-electron chi connectivity index (χ4n) is 3.65. The normalized spacial score (nSPS) is 16.7. The lowest BCUT2D eigenvalue weighted by Crippen LogP contribution is -2.43. The Bertz CT molecular complexity index is 985. The third kappa shape index (κ3) is 3.08. The van der Waals surface area contributed by atoms with Gasteiger partial charge in [0.25, 0.3) is 5.91 Å². The number of nitrogens with one attached hydrogen (secondary N) is 2. The van der Waals surface area contributed by atoms with Gasteiger partial charge in [-0.15, -0.1) is 0 Å². The molecule has 0 fully saturated rings. The van der Waals surface area contributed by atoms with Gasteiger partial charge in [-0.05, 0) is 60.2 Å². The molecule has 0 spiro atoms. The van der Waals surface area contributed by atoms with Crippen molar-refractivity contribution in [3.63, 3.8) is 0 Å². The lowest BCUT2D eigenvalue weighted by Gasteiger charge is -2.35. The van der Waals surface area contributed by atoms with Crippen molar-refractivity contribution >= 4 is 51.8 Å². The van der Waals surface area contributed by atoms with E-state index in [4.69, 9.17) is 35.0 Å². The van der Waals surface area contributed by atoms with Gasteiger partial charge < -0.3 is 9.88 Å². The molecule has 1 aliphatic heterocycles. The van der Waals surface area contributed by atoms with E-state index in [-0.39, 0.29) is 11.9 Å². The average molecular weight is 409 g/mol. The lowest BCUT2D eigenvalue weighted by molar-refractivity contribution is 0.0661. The zero-order valence-electron chi connectivity index (χ0n) is 13.7. The van der Waals surface area contributed by atoms with Gasteiger partial charge in [0.05, 0.1) is 6.04 Å². The highest BCUT2D eigenvalue weighted by Crippen LogP contribution is 2.36. The number of hydrogen-bond donors (Lipinski definition) is 2. The van der Waals surface area contributed by atoms with Gasteiger partial charge in [0.2, 0.25) is 0 Å². The summed E-state index contributed by atoms with van der Waals surface area (Å²) in [4.78, 5) is 21.0. The molecule has 2 heterocycles. The van der Waals surface area contributed by atoms with E-state index < -0.39 is 0 Å². The van der Waals surface area contributed by atoms with E-state index in [1.165, 1.54) is 5.56 Å². The SMILES string of the molecule is O=C(c1cccc(Cl)c1)N1CCc2c([nH]c3ccc(Cl)cc23)C1CNCl. The number of H-pyrrole nitrogens is 1. The highest BCUT2D eigenvalue weighted by Gasteiger charge is 2.33. The molecule has 26 heavy (non-hydrogen) atoms. The summed E-state index contributed by atoms with van der Waals surface area (Å²) >= 11 is 18.0. The van der Waals surface area contributed by atoms with Gasteiger partial charge in [-0.2, -0.15) is 0 Å². The Kier molecular flexibility index (Phi) is 4.84. The van der Waals surface area contributed by atoms with Crippen molar-refractivity contribution in [1.29, 1.82) is 0 Å². The number of rotatable bonds is 3. The Morgan fingerprint density at radius 2 is 2.00 bits per heavy atom. The minimum Gasteiger partial charge on any atom is -0.356 e. The Hall–Kier alpha value is -1.72. The maximum Gasteiger partial charge on any atom is 0.254 e. The third-order valence-corrected chi connectivity index (χ3v) is 5.44. The van der Waals surface area contributed by atoms with Crippen LogP contribution in [0.15, 0.2) is 42.5 Å². The van der Waals surface area contributed by atoms with Crippen LogP contribution in [0.2, 0.25) is 10.0 Å². The van der Waals surface area contributed by atoms with Gasteiger partial charge in [0, 0.05) is 45.3 Å². The predicted octanol–water partition coefficient (Wildman–Crippen LogP) is 4.96. The molecule has 0 aliphatic carbocycles. The molecule has 134 valence electrons. The molecule has 0 saturated heterocycles. The molecule has 0 radical (unpaired) electrons. The number of halogens is 3. The summed E-state index contributed by atoms with van der Waals surface area (Å²) in [6, 6.07) is 12.6. The van der Waals surface area contributed by atoms with Crippen molar-refractivity contribution in [3.8, 4) is 0 Å². The fourth-order valence-corrected chi connectivity index (χ4v) is 4.16. The van der Waals surface area contributed by atoms with Crippen molar-refractivity contribution < 1.29 is 4.79 Å². The molecule has 3 aromatic rings. The molecule has 4 nitrogen and oxygen atoms in total. The van der Waals surface area contributed by atoms with Gasteiger partial charge in [-0.25, -0.2) is 4.84 Å². The van der Waals surface area contributed by atoms with Crippen molar-refractivity contribution in [2.75, 3.05) is 13.1 Å². The number of aromatic amines is 1. The monoisotopic (exact) mass is 407 g/mol. The Morgan fingerprint density at radius 3 is 2.77 bits per heavy atom. The van der Waals surface area contributed by atoms with Crippen LogP contribution in [-0.2, 0) is 6.42 Å². The predicted molar refractivity (Wildman–Crippen MR) is 106 cm³/mol. The molecule has 1 unspecified atom stereocenters. The molecule has 2 N–H and O–H groups in total. The summed E-state index contributed by atoms with van der Waals surface area (Å²) < 4.78 is 0. The summed E-state index contributed by atoms with van der Waals surface area (Å²) in [5.74, 6) is -0.0632. The van der Waals surface area contributed by atoms with Crippen molar-refractivity contribution in [1.82, 2.24) is 14.7 Å². The number of hydrogen-bond acceptors (Lipinski definition) is 2. The molecular formula is C19H16Cl3N3O. The largest absolute Gasteiger partial charge is 0.356 e. The van der Waals surface area contributed by atoms with E-state index >= 15 is 0 Å². The first kappa shape index (κ1) is 17.7. The number of carbonyl (C=O) groups is 1. The van der Waals surface area contributed by atoms with Crippen LogP contribution in [0.4, 0.5) is 0 Å². The van der Waals surface area contributed by atoms with Gasteiger partial charge in [-0.1, -0.05) is 29.3 Å². The van der Waals surface area contributed by atoms with Gasteiger partial charge in [0.1, 0.15) is 0 Å². The van der Waals surface area contributed by atoms with Crippen LogP contribution >= 0.6 is 35.0 Å². The number of aromatic nitrogens is 1. The number of fused-ring (bicyclic) bond motifs is 3. The molecule has 1 aliphatic rings. The zero-order valence-corrected chi connectivity index (χ0v) is 16.0. The molecule has 4 rings (SSSR count). The van der Waals surface area contributed by atoms with E-state index in [9.17, 15) is 4.79 Å². The number of carbonyl (C=O) groups excluding carboxylic acids is 1. The molecule has 0 bridgehead atoms. The highest BCUT2D eigenvalue weighted by molar-refractivity contribution is 6.31. The van der Waals surface area contributed by atoms with Crippen LogP contribution in [0.1, 0.15) is 27.7 Å². The topological polar surface area (TPSA) is 48.1 Å². The van der Waals surface area contributed by atoms with Gasteiger partial charge in [-0.3, -0.25) is 4.79 Å². The Morgan fingerprint density at radius 1 is 1.19 bits per heavy atom. The second kappa shape index (κ2) is 7.12. The minimum absolute atomic E-state index is 0.0632. The first-order valence-electron chi connectivity index (χ1n) is 8.28. The minimum atomic E-state index is -0.200. The molecule has 2 aromatic carbocycles. The zero-order chi connectivity index (χ0) is 18.3. The molecule has 0 saturated carbocycles. The lowest BCUT2D eigenvalue weighted by atomic mass is 9.96. The summed E-state index contributed by atoms with van der Waals surface area (Å²) in [5, 5.41) is 2.34. The van der Waals surface area contributed by atoms with Crippen LogP contribution in [0, 0.1) is 0 Å². The van der Waals surface area contributed by atoms with Crippen molar-refractivity contribution in [2.24, 2.45) is 0 Å². The van der Waals surface area contributed by atoms with Crippen LogP contribution in [-0.4, -0.2) is 28.9 Å². The maximum absolute atomic E-state index is 13.1. The quantitative estimate of drug-likeness (QED) is 0.602. The van der Waals surface area contributed by atoms with Crippen LogP contribution in [0.5, 0.6) is 0 Å². The van der Waals surface area contributed by atoms with Crippen LogP contribution < -0.4 is 4.84 Å². The summed E-state index contributed by atoms with van der Waals surface area (Å²) in [7, 11) is 0. The van der Waals surface area contributed by atoms with Crippen LogP contribution in [0.3, 0.4) is 0 Å². The summed E-state index contributed by atoms with van der Waals surface area (Å²) in [6.07, 6.45) is 0.751. The van der Waals surface area contributed by atoms with E-state index in [1.54, 1.807) is 24.3 Å². The molecular weight excluding hydrogens is 393 g/mol. The smallest absolute Gasteiger partial charge is 0.254 e. The standard InChI is InChI=1S/C19H16Cl3N3O/c20-12-3-1-2-11(8-12)19(26)25-7-6-14-15-9-13(21)4-5-16(15)24-18(14)17(25)10-23-22/h1-5,8-9,17,23-24H,6-7,10H2. The number of benzene rings is 2. The van der Waals surface area contributed by atoms with Crippen LogP contribution in [0.25, 0.3) is 10.9 Å². The second-order valence-corrected chi connectivity index (χ2v) is 7.46. The second-order valence-electron chi connectivity index (χ2n) is 6.32. The molecule has 1 amide bonds. The Balaban J connectivity index is 1.76. The van der Waals surface area contributed by atoms with Crippen molar-refractivity contribution in [3.05, 3.63) is 69.3 Å². The first-order valence-corrected chi connectivity index (χ1v) is 9.42. The molecule has 1 aromatic heterocycles. The first-order chi connectivity index (χ1) is 12.6. The van der Waals surface area contributed by atoms with Crippen molar-refractivity contribution in [2.45, 2.75) is 12.5 Å². The van der Waals surface area contributed by atoms with Gasteiger partial charge in [0.15, 0.2) is 0 Å². The van der Waals surface area contributed by atoms with E-state index in [0.717, 1.165) is 23.0 Å². The summed E-state index contributed by atoms with van der Waals surface area (Å²) in [5.41, 5.74) is 3.77. The van der Waals surface area contributed by atoms with E-state index in [1.807, 2.05) is 23.1 Å². The fraction of sp³-hybridized carbons (Fsp3) is 0.211. The summed E-state index contributed by atoms with van der Waals surface area (Å²) in [6.45, 7) is 1.03. The number of amides is 1. The maximum atomic E-state index is 13.1. The van der Waals surface area contributed by atoms with E-state index in [2.05, 4.69) is 9.82 Å². The number of nitrogens with zero attached hydrogens (tertiary/aromatic N) is 1. The molecule has 1 atom stereocenters. The Labute approximate surface area is 166 Å².